The van der Waals surface area contributed by atoms with Gasteiger partial charge in [0, 0.05) is 17.6 Å². The highest BCUT2D eigenvalue weighted by Gasteiger charge is 2.67. The molecule has 2 N–H and O–H groups in total. The van der Waals surface area contributed by atoms with Gasteiger partial charge in [-0.15, -0.1) is 0 Å². The first-order valence-corrected chi connectivity index (χ1v) is 5.22. The van der Waals surface area contributed by atoms with Crippen molar-refractivity contribution in [3.63, 3.8) is 0 Å². The van der Waals surface area contributed by atoms with E-state index in [0.717, 1.165) is 17.9 Å². The van der Waals surface area contributed by atoms with Crippen LogP contribution in [0.15, 0.2) is 0 Å². The van der Waals surface area contributed by atoms with E-state index in [1.165, 1.54) is 19.4 Å². The summed E-state index contributed by atoms with van der Waals surface area (Å²) in [5, 5.41) is 7.36. The highest BCUT2D eigenvalue weighted by atomic mass is 15.2. The van der Waals surface area contributed by atoms with Crippen molar-refractivity contribution < 1.29 is 0 Å². The van der Waals surface area contributed by atoms with Gasteiger partial charge < -0.3 is 10.6 Å². The molecule has 2 nitrogen and oxygen atoms in total. The predicted octanol–water partition coefficient (Wildman–Crippen LogP) is 0.735. The van der Waals surface area contributed by atoms with E-state index < -0.39 is 0 Å². The van der Waals surface area contributed by atoms with Gasteiger partial charge in [0.05, 0.1) is 0 Å². The maximum Gasteiger partial charge on any atom is 0.0248 e. The number of hydrogen-bond acceptors (Lipinski definition) is 2. The fraction of sp³-hybridized carbons (Fsp3) is 1.00. The van der Waals surface area contributed by atoms with Crippen molar-refractivity contribution in [1.82, 2.24) is 10.6 Å². The lowest BCUT2D eigenvalue weighted by atomic mass is 9.47. The summed E-state index contributed by atoms with van der Waals surface area (Å²) in [6.07, 6.45) is 2.81. The minimum Gasteiger partial charge on any atom is -0.313 e. The SMILES string of the molecule is CC(C)NC12C[C@@H]3CN[C@H](C1)[C@@H]32. The Balaban J connectivity index is 1.73. The molecule has 3 rings (SSSR count). The van der Waals surface area contributed by atoms with Gasteiger partial charge >= 0.3 is 0 Å². The first-order chi connectivity index (χ1) is 5.71. The van der Waals surface area contributed by atoms with Crippen LogP contribution in [0.25, 0.3) is 0 Å². The Morgan fingerprint density at radius 1 is 1.42 bits per heavy atom. The van der Waals surface area contributed by atoms with Crippen LogP contribution in [0.3, 0.4) is 0 Å². The lowest BCUT2D eigenvalue weighted by Crippen LogP contribution is -2.74. The zero-order valence-electron chi connectivity index (χ0n) is 7.93. The number of nitrogens with one attached hydrogen (secondary N) is 2. The van der Waals surface area contributed by atoms with Crippen LogP contribution in [0.2, 0.25) is 0 Å². The third-order valence-corrected chi connectivity index (χ3v) is 4.01. The van der Waals surface area contributed by atoms with E-state index in [-0.39, 0.29) is 0 Å². The summed E-state index contributed by atoms with van der Waals surface area (Å²) in [5.41, 5.74) is 0.576. The second-order valence-corrected chi connectivity index (χ2v) is 5.16. The second-order valence-electron chi connectivity index (χ2n) is 5.16. The van der Waals surface area contributed by atoms with Gasteiger partial charge in [0.2, 0.25) is 0 Å². The van der Waals surface area contributed by atoms with Crippen LogP contribution in [0.4, 0.5) is 0 Å². The van der Waals surface area contributed by atoms with E-state index >= 15 is 0 Å². The highest BCUT2D eigenvalue weighted by molar-refractivity contribution is 5.25. The Labute approximate surface area is 74.1 Å². The molecule has 68 valence electrons. The van der Waals surface area contributed by atoms with Crippen molar-refractivity contribution in [2.75, 3.05) is 6.54 Å². The average molecular weight is 166 g/mol. The molecule has 1 unspecified atom stereocenters. The fourth-order valence-electron chi connectivity index (χ4n) is 3.80. The molecule has 12 heavy (non-hydrogen) atoms. The van der Waals surface area contributed by atoms with E-state index in [1.54, 1.807) is 0 Å². The molecular weight excluding hydrogens is 148 g/mol. The normalized spacial score (nSPS) is 54.8. The molecule has 0 bridgehead atoms. The van der Waals surface area contributed by atoms with Crippen molar-refractivity contribution >= 4 is 0 Å². The van der Waals surface area contributed by atoms with Crippen LogP contribution in [0.1, 0.15) is 26.7 Å². The Morgan fingerprint density at radius 2 is 2.25 bits per heavy atom. The predicted molar refractivity (Wildman–Crippen MR) is 49.0 cm³/mol. The molecule has 0 spiro atoms. The Bertz CT molecular complexity index is 198. The van der Waals surface area contributed by atoms with Gasteiger partial charge in [-0.05, 0) is 31.2 Å². The topological polar surface area (TPSA) is 24.1 Å². The molecule has 2 saturated carbocycles. The first kappa shape index (κ1) is 7.34. The fourth-order valence-corrected chi connectivity index (χ4v) is 3.80. The summed E-state index contributed by atoms with van der Waals surface area (Å²) < 4.78 is 0. The largest absolute Gasteiger partial charge is 0.313 e. The molecule has 4 atom stereocenters. The summed E-state index contributed by atoms with van der Waals surface area (Å²) in [6, 6.07) is 1.53. The third kappa shape index (κ3) is 0.686. The summed E-state index contributed by atoms with van der Waals surface area (Å²) in [5.74, 6) is 2.00. The van der Waals surface area contributed by atoms with Crippen LogP contribution in [0.5, 0.6) is 0 Å². The maximum atomic E-state index is 3.75. The second kappa shape index (κ2) is 2.05. The summed E-state index contributed by atoms with van der Waals surface area (Å²) >= 11 is 0. The molecular formula is C10H18N2. The zero-order chi connectivity index (χ0) is 8.34. The number of hydrogen-bond donors (Lipinski definition) is 2. The lowest BCUT2D eigenvalue weighted by molar-refractivity contribution is -0.0703. The van der Waals surface area contributed by atoms with Gasteiger partial charge in [-0.3, -0.25) is 0 Å². The quantitative estimate of drug-likeness (QED) is 0.632. The molecule has 0 radical (unpaired) electrons. The molecule has 1 saturated heterocycles. The molecule has 1 aliphatic heterocycles. The van der Waals surface area contributed by atoms with Crippen molar-refractivity contribution in [3.8, 4) is 0 Å². The summed E-state index contributed by atoms with van der Waals surface area (Å²) in [4.78, 5) is 0. The van der Waals surface area contributed by atoms with Gasteiger partial charge in [0.25, 0.3) is 0 Å². The van der Waals surface area contributed by atoms with Crippen molar-refractivity contribution in [2.45, 2.75) is 44.3 Å². The van der Waals surface area contributed by atoms with Crippen LogP contribution in [-0.4, -0.2) is 24.2 Å². The van der Waals surface area contributed by atoms with E-state index in [9.17, 15) is 0 Å². The van der Waals surface area contributed by atoms with Crippen molar-refractivity contribution in [1.29, 1.82) is 0 Å². The first-order valence-electron chi connectivity index (χ1n) is 5.22. The zero-order valence-corrected chi connectivity index (χ0v) is 7.93. The van der Waals surface area contributed by atoms with Crippen LogP contribution in [0, 0.1) is 11.8 Å². The molecule has 3 fully saturated rings. The molecule has 0 amide bonds. The van der Waals surface area contributed by atoms with Crippen molar-refractivity contribution in [3.05, 3.63) is 0 Å². The summed E-state index contributed by atoms with van der Waals surface area (Å²) in [6.45, 7) is 5.81. The number of rotatable bonds is 2. The van der Waals surface area contributed by atoms with E-state index in [2.05, 4.69) is 24.5 Å². The van der Waals surface area contributed by atoms with Crippen LogP contribution < -0.4 is 10.6 Å². The maximum absolute atomic E-state index is 3.75. The smallest absolute Gasteiger partial charge is 0.0248 e. The highest BCUT2D eigenvalue weighted by Crippen LogP contribution is 2.60. The van der Waals surface area contributed by atoms with E-state index in [0.29, 0.717) is 11.6 Å². The Morgan fingerprint density at radius 3 is 2.92 bits per heavy atom. The minimum atomic E-state index is 0.576. The van der Waals surface area contributed by atoms with E-state index in [4.69, 9.17) is 0 Å². The van der Waals surface area contributed by atoms with Gasteiger partial charge in [0.1, 0.15) is 0 Å². The van der Waals surface area contributed by atoms with Gasteiger partial charge in [-0.2, -0.15) is 0 Å². The standard InChI is InChI=1S/C10H18N2/c1-6(2)12-10-3-7-5-11-8(4-10)9(7)10/h6-9,11-12H,3-5H2,1-2H3/t7-,8-,9-,10?/m1/s1. The molecule has 0 aromatic heterocycles. The molecule has 0 aromatic rings. The Kier molecular flexibility index (Phi) is 1.25. The molecule has 2 heteroatoms. The third-order valence-electron chi connectivity index (χ3n) is 4.01. The molecule has 2 aliphatic carbocycles. The average Bonchev–Trinajstić information content (AvgIpc) is 2.13. The van der Waals surface area contributed by atoms with Gasteiger partial charge in [0.15, 0.2) is 0 Å². The monoisotopic (exact) mass is 166 g/mol. The van der Waals surface area contributed by atoms with Crippen LogP contribution in [-0.2, 0) is 0 Å². The van der Waals surface area contributed by atoms with E-state index in [1.807, 2.05) is 0 Å². The Hall–Kier alpha value is -0.0800. The van der Waals surface area contributed by atoms with Crippen molar-refractivity contribution in [2.24, 2.45) is 11.8 Å². The lowest BCUT2D eigenvalue weighted by Gasteiger charge is -2.64. The molecule has 3 aliphatic rings. The molecule has 0 aromatic carbocycles. The molecule has 1 heterocycles. The minimum absolute atomic E-state index is 0.576. The summed E-state index contributed by atoms with van der Waals surface area (Å²) in [7, 11) is 0. The van der Waals surface area contributed by atoms with Gasteiger partial charge in [-0.25, -0.2) is 0 Å². The van der Waals surface area contributed by atoms with Gasteiger partial charge in [-0.1, -0.05) is 13.8 Å². The van der Waals surface area contributed by atoms with Crippen LogP contribution >= 0.6 is 0 Å².